The second-order valence-corrected chi connectivity index (χ2v) is 8.38. The van der Waals surface area contributed by atoms with Crippen LogP contribution in [0.2, 0.25) is 0 Å². The number of fused-ring (bicyclic) bond motifs is 1. The number of nitrogens with zero attached hydrogens (tertiary/aromatic N) is 2. The number of morpholine rings is 1. The number of likely N-dealkylation sites (N-methyl/N-ethyl adjacent to an activating group) is 1. The summed E-state index contributed by atoms with van der Waals surface area (Å²) in [6, 6.07) is 4.16. The van der Waals surface area contributed by atoms with E-state index in [-0.39, 0.29) is 24.5 Å². The fraction of sp³-hybridized carbons (Fsp3) is 0.565. The molecule has 0 aromatic heterocycles. The van der Waals surface area contributed by atoms with Gasteiger partial charge in [0.25, 0.3) is 5.91 Å². The molecule has 0 spiro atoms. The molecule has 0 radical (unpaired) electrons. The summed E-state index contributed by atoms with van der Waals surface area (Å²) in [4.78, 5) is 54.8. The van der Waals surface area contributed by atoms with Crippen LogP contribution in [0, 0.1) is 0 Å². The van der Waals surface area contributed by atoms with Gasteiger partial charge in [0.2, 0.25) is 17.7 Å². The fourth-order valence-corrected chi connectivity index (χ4v) is 3.80. The molecule has 2 atom stereocenters. The molecule has 35 heavy (non-hydrogen) atoms. The van der Waals surface area contributed by atoms with Crippen molar-refractivity contribution in [3.05, 3.63) is 29.8 Å². The minimum atomic E-state index is -1.20. The highest BCUT2D eigenvalue weighted by molar-refractivity contribution is 6.01. The van der Waals surface area contributed by atoms with Gasteiger partial charge in [-0.25, -0.2) is 0 Å². The number of carbonyl (C=O) groups excluding carboxylic acids is 4. The summed E-state index contributed by atoms with van der Waals surface area (Å²) in [6.07, 6.45) is -0.411. The number of ether oxygens (including phenoxy) is 2. The van der Waals surface area contributed by atoms with Gasteiger partial charge in [0.15, 0.2) is 0 Å². The molecule has 0 unspecified atom stereocenters. The molecule has 1 aromatic carbocycles. The topological polar surface area (TPSA) is 150 Å². The van der Waals surface area contributed by atoms with E-state index >= 15 is 0 Å². The van der Waals surface area contributed by atoms with E-state index in [2.05, 4.69) is 20.9 Å². The lowest BCUT2D eigenvalue weighted by atomic mass is 10.1. The number of amides is 4. The molecule has 1 fully saturated rings. The van der Waals surface area contributed by atoms with Crippen LogP contribution < -0.4 is 20.7 Å². The molecule has 3 rings (SSSR count). The van der Waals surface area contributed by atoms with Gasteiger partial charge in [-0.05, 0) is 12.1 Å². The van der Waals surface area contributed by atoms with Gasteiger partial charge < -0.3 is 35.4 Å². The number of rotatable bonds is 5. The first-order valence-electron chi connectivity index (χ1n) is 11.6. The number of hydrogen-bond donors (Lipinski definition) is 4. The molecule has 1 aromatic rings. The number of carbonyl (C=O) groups is 4. The van der Waals surface area contributed by atoms with E-state index in [1.807, 2.05) is 0 Å². The molecule has 1 saturated heterocycles. The SMILES string of the molecule is CN1CCOc2ccccc2C(=O)N[C@H](C(=O)NCCN2CCOCC2)CC(=O)N[C@@H](CO)C1=O. The highest BCUT2D eigenvalue weighted by Crippen LogP contribution is 2.18. The van der Waals surface area contributed by atoms with E-state index in [0.29, 0.717) is 26.3 Å². The first-order valence-corrected chi connectivity index (χ1v) is 11.6. The van der Waals surface area contributed by atoms with E-state index in [0.717, 1.165) is 13.1 Å². The van der Waals surface area contributed by atoms with Gasteiger partial charge in [0.1, 0.15) is 24.4 Å². The molecule has 4 N–H and O–H groups in total. The Hall–Kier alpha value is -3.22. The molecular formula is C23H33N5O7. The van der Waals surface area contributed by atoms with Crippen LogP contribution in [0.25, 0.3) is 0 Å². The molecule has 0 aliphatic carbocycles. The average molecular weight is 492 g/mol. The maximum Gasteiger partial charge on any atom is 0.255 e. The zero-order valence-corrected chi connectivity index (χ0v) is 19.8. The van der Waals surface area contributed by atoms with Crippen LogP contribution in [-0.2, 0) is 19.1 Å². The predicted octanol–water partition coefficient (Wildman–Crippen LogP) is -2.05. The fourth-order valence-electron chi connectivity index (χ4n) is 3.80. The van der Waals surface area contributed by atoms with Crippen molar-refractivity contribution >= 4 is 23.6 Å². The summed E-state index contributed by atoms with van der Waals surface area (Å²) in [5, 5.41) is 17.5. The Labute approximate surface area is 203 Å². The Morgan fingerprint density at radius 1 is 1.11 bits per heavy atom. The summed E-state index contributed by atoms with van der Waals surface area (Å²) in [7, 11) is 1.52. The Morgan fingerprint density at radius 3 is 2.60 bits per heavy atom. The van der Waals surface area contributed by atoms with Gasteiger partial charge in [-0.1, -0.05) is 12.1 Å². The third-order valence-corrected chi connectivity index (χ3v) is 5.85. The summed E-state index contributed by atoms with van der Waals surface area (Å²) < 4.78 is 11.0. The van der Waals surface area contributed by atoms with Crippen LogP contribution in [0.5, 0.6) is 5.75 Å². The lowest BCUT2D eigenvalue weighted by Gasteiger charge is -2.27. The van der Waals surface area contributed by atoms with Crippen LogP contribution in [0.4, 0.5) is 0 Å². The van der Waals surface area contributed by atoms with E-state index < -0.39 is 48.7 Å². The monoisotopic (exact) mass is 491 g/mol. The molecule has 2 aliphatic heterocycles. The lowest BCUT2D eigenvalue weighted by Crippen LogP contribution is -2.54. The minimum absolute atomic E-state index is 0.0874. The normalized spacial score (nSPS) is 22.8. The molecule has 4 amide bonds. The number of benzene rings is 1. The summed E-state index contributed by atoms with van der Waals surface area (Å²) in [5.74, 6) is -1.96. The number of aliphatic hydroxyl groups excluding tert-OH is 1. The van der Waals surface area contributed by atoms with Crippen molar-refractivity contribution in [2.75, 3.05) is 66.2 Å². The van der Waals surface area contributed by atoms with Crippen molar-refractivity contribution in [2.45, 2.75) is 18.5 Å². The van der Waals surface area contributed by atoms with E-state index in [9.17, 15) is 24.3 Å². The second kappa shape index (κ2) is 13.0. The highest BCUT2D eigenvalue weighted by atomic mass is 16.5. The summed E-state index contributed by atoms with van der Waals surface area (Å²) in [6.45, 7) is 3.38. The predicted molar refractivity (Wildman–Crippen MR) is 125 cm³/mol. The van der Waals surface area contributed by atoms with Crippen LogP contribution in [-0.4, -0.2) is 117 Å². The molecule has 2 heterocycles. The zero-order chi connectivity index (χ0) is 25.2. The Morgan fingerprint density at radius 2 is 1.86 bits per heavy atom. The largest absolute Gasteiger partial charge is 0.491 e. The number of para-hydroxylation sites is 1. The Kier molecular flexibility index (Phi) is 9.82. The first-order chi connectivity index (χ1) is 16.9. The first kappa shape index (κ1) is 26.4. The summed E-state index contributed by atoms with van der Waals surface area (Å²) >= 11 is 0. The average Bonchev–Trinajstić information content (AvgIpc) is 2.86. The molecule has 192 valence electrons. The lowest BCUT2D eigenvalue weighted by molar-refractivity contribution is -0.137. The molecular weight excluding hydrogens is 458 g/mol. The molecule has 2 aliphatic rings. The van der Waals surface area contributed by atoms with Crippen molar-refractivity contribution in [3.63, 3.8) is 0 Å². The van der Waals surface area contributed by atoms with Crippen LogP contribution >= 0.6 is 0 Å². The molecule has 12 heteroatoms. The van der Waals surface area contributed by atoms with E-state index in [1.54, 1.807) is 24.3 Å². The smallest absolute Gasteiger partial charge is 0.255 e. The van der Waals surface area contributed by atoms with Gasteiger partial charge in [0.05, 0.1) is 38.3 Å². The van der Waals surface area contributed by atoms with Gasteiger partial charge in [-0.2, -0.15) is 0 Å². The third-order valence-electron chi connectivity index (χ3n) is 5.85. The zero-order valence-electron chi connectivity index (χ0n) is 19.8. The van der Waals surface area contributed by atoms with Crippen molar-refractivity contribution in [1.29, 1.82) is 0 Å². The van der Waals surface area contributed by atoms with Crippen molar-refractivity contribution < 1.29 is 33.8 Å². The van der Waals surface area contributed by atoms with E-state index in [1.165, 1.54) is 11.9 Å². The number of aliphatic hydroxyl groups is 1. The minimum Gasteiger partial charge on any atom is -0.491 e. The summed E-state index contributed by atoms with van der Waals surface area (Å²) in [5.41, 5.74) is 0.207. The maximum atomic E-state index is 13.0. The van der Waals surface area contributed by atoms with Crippen molar-refractivity contribution in [3.8, 4) is 5.75 Å². The second-order valence-electron chi connectivity index (χ2n) is 8.38. The molecule has 0 saturated carbocycles. The number of hydrogen-bond acceptors (Lipinski definition) is 8. The standard InChI is InChI=1S/C23H33N5O7/c1-27-8-13-35-19-5-3-2-4-16(19)21(31)26-17(14-20(30)25-18(15-29)23(27)33)22(32)24-6-7-28-9-11-34-12-10-28/h2-5,17-18,29H,6-15H2,1H3,(H,24,32)(H,25,30)(H,26,31)/t17-,18-/m0/s1. The maximum absolute atomic E-state index is 13.0. The third kappa shape index (κ3) is 7.64. The van der Waals surface area contributed by atoms with Crippen LogP contribution in [0.15, 0.2) is 24.3 Å². The Bertz CT molecular complexity index is 906. The Balaban J connectivity index is 1.76. The van der Waals surface area contributed by atoms with Crippen LogP contribution in [0.1, 0.15) is 16.8 Å². The van der Waals surface area contributed by atoms with Gasteiger partial charge in [-0.15, -0.1) is 0 Å². The van der Waals surface area contributed by atoms with Crippen LogP contribution in [0.3, 0.4) is 0 Å². The molecule has 0 bridgehead atoms. The number of nitrogens with one attached hydrogen (secondary N) is 3. The highest BCUT2D eigenvalue weighted by Gasteiger charge is 2.29. The molecule has 12 nitrogen and oxygen atoms in total. The van der Waals surface area contributed by atoms with E-state index in [4.69, 9.17) is 9.47 Å². The van der Waals surface area contributed by atoms with Crippen molar-refractivity contribution in [2.24, 2.45) is 0 Å². The van der Waals surface area contributed by atoms with Crippen molar-refractivity contribution in [1.82, 2.24) is 25.8 Å². The van der Waals surface area contributed by atoms with Gasteiger partial charge in [0, 0.05) is 33.2 Å². The van der Waals surface area contributed by atoms with Gasteiger partial charge >= 0.3 is 0 Å². The quantitative estimate of drug-likeness (QED) is 0.368. The van der Waals surface area contributed by atoms with Gasteiger partial charge in [-0.3, -0.25) is 24.1 Å².